The van der Waals surface area contributed by atoms with Gasteiger partial charge in [-0.1, -0.05) is 20.8 Å². The van der Waals surface area contributed by atoms with E-state index in [1.807, 2.05) is 12.1 Å². The van der Waals surface area contributed by atoms with Crippen molar-refractivity contribution in [3.63, 3.8) is 0 Å². The molecule has 0 amide bonds. The Balaban J connectivity index is 2.24. The second-order valence-corrected chi connectivity index (χ2v) is 5.90. The standard InChI is InChI=1S/C15H21N5/c1-10(11-5-7-17-8-6-11)18-13-9-12(16)19-14(20-13)15(2,3)4/h5-10H,1-4H3,(H3,16,18,19,20). The van der Waals surface area contributed by atoms with E-state index in [2.05, 4.69) is 48.0 Å². The first-order valence-electron chi connectivity index (χ1n) is 6.68. The van der Waals surface area contributed by atoms with Crippen LogP contribution >= 0.6 is 0 Å². The van der Waals surface area contributed by atoms with Gasteiger partial charge in [0, 0.05) is 23.9 Å². The monoisotopic (exact) mass is 271 g/mol. The van der Waals surface area contributed by atoms with Gasteiger partial charge in [-0.25, -0.2) is 9.97 Å². The van der Waals surface area contributed by atoms with Crippen LogP contribution in [0.25, 0.3) is 0 Å². The van der Waals surface area contributed by atoms with E-state index in [4.69, 9.17) is 5.73 Å². The zero-order valence-corrected chi connectivity index (χ0v) is 12.4. The SMILES string of the molecule is CC(Nc1cc(N)nc(C(C)(C)C)n1)c1ccncc1. The molecule has 20 heavy (non-hydrogen) atoms. The maximum atomic E-state index is 5.87. The molecule has 2 heterocycles. The molecular weight excluding hydrogens is 250 g/mol. The third-order valence-electron chi connectivity index (χ3n) is 2.99. The number of aromatic nitrogens is 3. The lowest BCUT2D eigenvalue weighted by atomic mass is 9.96. The molecule has 0 fully saturated rings. The van der Waals surface area contributed by atoms with Crippen LogP contribution in [-0.4, -0.2) is 15.0 Å². The highest BCUT2D eigenvalue weighted by Gasteiger charge is 2.19. The van der Waals surface area contributed by atoms with E-state index in [0.29, 0.717) is 5.82 Å². The normalized spacial score (nSPS) is 13.0. The fourth-order valence-corrected chi connectivity index (χ4v) is 1.83. The molecule has 1 unspecified atom stereocenters. The minimum atomic E-state index is -0.133. The Morgan fingerprint density at radius 2 is 1.80 bits per heavy atom. The Labute approximate surface area is 119 Å². The number of nitrogens with one attached hydrogen (secondary N) is 1. The number of nitrogens with zero attached hydrogens (tertiary/aromatic N) is 3. The summed E-state index contributed by atoms with van der Waals surface area (Å²) in [5.41, 5.74) is 6.88. The topological polar surface area (TPSA) is 76.7 Å². The minimum Gasteiger partial charge on any atom is -0.384 e. The summed E-state index contributed by atoms with van der Waals surface area (Å²) in [7, 11) is 0. The van der Waals surface area contributed by atoms with E-state index < -0.39 is 0 Å². The zero-order chi connectivity index (χ0) is 14.8. The number of anilines is 2. The van der Waals surface area contributed by atoms with Crippen molar-refractivity contribution < 1.29 is 0 Å². The smallest absolute Gasteiger partial charge is 0.138 e. The highest BCUT2D eigenvalue weighted by atomic mass is 15.1. The number of nitrogens with two attached hydrogens (primary N) is 1. The van der Waals surface area contributed by atoms with Gasteiger partial charge in [-0.3, -0.25) is 4.98 Å². The summed E-state index contributed by atoms with van der Waals surface area (Å²) < 4.78 is 0. The van der Waals surface area contributed by atoms with E-state index in [1.54, 1.807) is 18.5 Å². The number of rotatable bonds is 3. The zero-order valence-electron chi connectivity index (χ0n) is 12.4. The van der Waals surface area contributed by atoms with Crippen LogP contribution in [0, 0.1) is 0 Å². The van der Waals surface area contributed by atoms with Crippen LogP contribution in [0.3, 0.4) is 0 Å². The molecule has 0 radical (unpaired) electrons. The Kier molecular flexibility index (Phi) is 3.88. The van der Waals surface area contributed by atoms with E-state index in [-0.39, 0.29) is 11.5 Å². The lowest BCUT2D eigenvalue weighted by Crippen LogP contribution is -2.19. The maximum Gasteiger partial charge on any atom is 0.138 e. The highest BCUT2D eigenvalue weighted by Crippen LogP contribution is 2.23. The molecule has 0 aromatic carbocycles. The van der Waals surface area contributed by atoms with Gasteiger partial charge < -0.3 is 11.1 Å². The summed E-state index contributed by atoms with van der Waals surface area (Å²) >= 11 is 0. The summed E-state index contributed by atoms with van der Waals surface area (Å²) in [6, 6.07) is 5.84. The van der Waals surface area contributed by atoms with E-state index in [9.17, 15) is 0 Å². The molecule has 2 aromatic heterocycles. The van der Waals surface area contributed by atoms with Crippen LogP contribution in [0.2, 0.25) is 0 Å². The summed E-state index contributed by atoms with van der Waals surface area (Å²) in [4.78, 5) is 12.9. The highest BCUT2D eigenvalue weighted by molar-refractivity contribution is 5.46. The van der Waals surface area contributed by atoms with E-state index >= 15 is 0 Å². The molecular formula is C15H21N5. The van der Waals surface area contributed by atoms with Crippen molar-refractivity contribution in [1.82, 2.24) is 15.0 Å². The number of hydrogen-bond acceptors (Lipinski definition) is 5. The third-order valence-corrected chi connectivity index (χ3v) is 2.99. The van der Waals surface area contributed by atoms with Crippen molar-refractivity contribution in [2.45, 2.75) is 39.2 Å². The summed E-state index contributed by atoms with van der Waals surface area (Å²) in [6.07, 6.45) is 3.56. The molecule has 106 valence electrons. The quantitative estimate of drug-likeness (QED) is 0.897. The molecule has 0 spiro atoms. The van der Waals surface area contributed by atoms with Gasteiger partial charge in [-0.05, 0) is 24.6 Å². The molecule has 5 nitrogen and oxygen atoms in total. The molecule has 0 aliphatic rings. The fraction of sp³-hybridized carbons (Fsp3) is 0.400. The largest absolute Gasteiger partial charge is 0.384 e. The molecule has 0 aliphatic carbocycles. The van der Waals surface area contributed by atoms with Crippen molar-refractivity contribution in [2.75, 3.05) is 11.1 Å². The fourth-order valence-electron chi connectivity index (χ4n) is 1.83. The van der Waals surface area contributed by atoms with Gasteiger partial charge >= 0.3 is 0 Å². The minimum absolute atomic E-state index is 0.125. The van der Waals surface area contributed by atoms with Crippen molar-refractivity contribution in [1.29, 1.82) is 0 Å². The average Bonchev–Trinajstić information content (AvgIpc) is 2.38. The van der Waals surface area contributed by atoms with Crippen molar-refractivity contribution in [3.05, 3.63) is 42.0 Å². The third kappa shape index (κ3) is 3.44. The molecule has 1 atom stereocenters. The molecule has 0 saturated heterocycles. The Bertz CT molecular complexity index is 575. The number of hydrogen-bond donors (Lipinski definition) is 2. The van der Waals surface area contributed by atoms with Gasteiger partial charge in [0.1, 0.15) is 17.5 Å². The van der Waals surface area contributed by atoms with E-state index in [1.165, 1.54) is 0 Å². The van der Waals surface area contributed by atoms with Crippen molar-refractivity contribution in [3.8, 4) is 0 Å². The van der Waals surface area contributed by atoms with Gasteiger partial charge in [-0.2, -0.15) is 0 Å². The number of nitrogen functional groups attached to an aromatic ring is 1. The van der Waals surface area contributed by atoms with Gasteiger partial charge in [-0.15, -0.1) is 0 Å². The Morgan fingerprint density at radius 3 is 2.40 bits per heavy atom. The molecule has 0 aliphatic heterocycles. The van der Waals surface area contributed by atoms with Crippen LogP contribution in [0.1, 0.15) is 45.1 Å². The van der Waals surface area contributed by atoms with Crippen LogP contribution in [-0.2, 0) is 5.41 Å². The van der Waals surface area contributed by atoms with Crippen LogP contribution in [0.15, 0.2) is 30.6 Å². The van der Waals surface area contributed by atoms with Gasteiger partial charge in [0.15, 0.2) is 0 Å². The molecule has 0 saturated carbocycles. The summed E-state index contributed by atoms with van der Waals surface area (Å²) in [5, 5.41) is 3.35. The Hall–Kier alpha value is -2.17. The van der Waals surface area contributed by atoms with E-state index in [0.717, 1.165) is 17.2 Å². The molecule has 0 bridgehead atoms. The molecule has 2 aromatic rings. The first-order valence-corrected chi connectivity index (χ1v) is 6.68. The van der Waals surface area contributed by atoms with Gasteiger partial charge in [0.25, 0.3) is 0 Å². The lowest BCUT2D eigenvalue weighted by molar-refractivity contribution is 0.546. The Morgan fingerprint density at radius 1 is 1.15 bits per heavy atom. The van der Waals surface area contributed by atoms with Crippen molar-refractivity contribution in [2.24, 2.45) is 0 Å². The second-order valence-electron chi connectivity index (χ2n) is 5.90. The lowest BCUT2D eigenvalue weighted by Gasteiger charge is -2.20. The van der Waals surface area contributed by atoms with Crippen LogP contribution < -0.4 is 11.1 Å². The first kappa shape index (κ1) is 14.2. The van der Waals surface area contributed by atoms with Gasteiger partial charge in [0.2, 0.25) is 0 Å². The number of pyridine rings is 1. The average molecular weight is 271 g/mol. The molecule has 5 heteroatoms. The maximum absolute atomic E-state index is 5.87. The summed E-state index contributed by atoms with van der Waals surface area (Å²) in [6.45, 7) is 8.28. The van der Waals surface area contributed by atoms with Crippen LogP contribution in [0.4, 0.5) is 11.6 Å². The predicted octanol–water partition coefficient (Wildman–Crippen LogP) is 2.92. The molecule has 2 rings (SSSR count). The summed E-state index contributed by atoms with van der Waals surface area (Å²) in [5.74, 6) is 1.96. The molecule has 3 N–H and O–H groups in total. The second kappa shape index (κ2) is 5.45. The first-order chi connectivity index (χ1) is 9.36. The van der Waals surface area contributed by atoms with Crippen LogP contribution in [0.5, 0.6) is 0 Å². The predicted molar refractivity (Wildman–Crippen MR) is 81.4 cm³/mol. The van der Waals surface area contributed by atoms with Gasteiger partial charge in [0.05, 0.1) is 6.04 Å². The van der Waals surface area contributed by atoms with Crippen molar-refractivity contribution >= 4 is 11.6 Å².